The number of nitrogens with zero attached hydrogens (tertiary/aromatic N) is 1. The van der Waals surface area contributed by atoms with E-state index in [0.717, 1.165) is 25.9 Å². The highest BCUT2D eigenvalue weighted by Gasteiger charge is 2.24. The molecular formula is C12H24ClN3O2. The minimum atomic E-state index is -0.0928. The van der Waals surface area contributed by atoms with E-state index in [1.807, 2.05) is 13.8 Å². The fourth-order valence-corrected chi connectivity index (χ4v) is 2.04. The second kappa shape index (κ2) is 8.32. The highest BCUT2D eigenvalue weighted by Crippen LogP contribution is 2.14. The highest BCUT2D eigenvalue weighted by atomic mass is 35.5. The molecule has 5 nitrogen and oxygen atoms in total. The molecule has 6 heteroatoms. The van der Waals surface area contributed by atoms with Gasteiger partial charge in [0, 0.05) is 19.0 Å². The summed E-state index contributed by atoms with van der Waals surface area (Å²) in [5.74, 6) is 0.0725. The van der Waals surface area contributed by atoms with Crippen molar-refractivity contribution in [3.63, 3.8) is 0 Å². The van der Waals surface area contributed by atoms with Crippen molar-refractivity contribution >= 4 is 24.2 Å². The van der Waals surface area contributed by atoms with Crippen LogP contribution in [0.3, 0.4) is 0 Å². The first-order chi connectivity index (χ1) is 8.00. The summed E-state index contributed by atoms with van der Waals surface area (Å²) in [6, 6.07) is 0.116. The van der Waals surface area contributed by atoms with Gasteiger partial charge in [-0.05, 0) is 39.8 Å². The van der Waals surface area contributed by atoms with Crippen LogP contribution in [0.1, 0.15) is 26.7 Å². The normalized spacial score (nSPS) is 16.0. The standard InChI is InChI=1S/C12H23N3O2.ClH/c1-9(2)14-11(16)8-15(3)12(17)10-4-6-13-7-5-10;/h9-10,13H,4-8H2,1-3H3,(H,14,16);1H. The molecule has 2 N–H and O–H groups in total. The summed E-state index contributed by atoms with van der Waals surface area (Å²) in [5, 5.41) is 6.01. The molecule has 0 atom stereocenters. The molecule has 1 saturated heterocycles. The number of halogens is 1. The first-order valence-electron chi connectivity index (χ1n) is 6.25. The Morgan fingerprint density at radius 3 is 2.39 bits per heavy atom. The van der Waals surface area contributed by atoms with Crippen LogP contribution in [0.2, 0.25) is 0 Å². The van der Waals surface area contributed by atoms with E-state index in [4.69, 9.17) is 0 Å². The van der Waals surface area contributed by atoms with Crippen LogP contribution in [0, 0.1) is 5.92 Å². The van der Waals surface area contributed by atoms with Gasteiger partial charge in [0.15, 0.2) is 0 Å². The molecule has 0 spiro atoms. The zero-order valence-electron chi connectivity index (χ0n) is 11.4. The lowest BCUT2D eigenvalue weighted by Gasteiger charge is -2.26. The van der Waals surface area contributed by atoms with Gasteiger partial charge in [-0.15, -0.1) is 12.4 Å². The van der Waals surface area contributed by atoms with Gasteiger partial charge in [-0.25, -0.2) is 0 Å². The number of nitrogens with one attached hydrogen (secondary N) is 2. The fourth-order valence-electron chi connectivity index (χ4n) is 2.04. The molecule has 1 aliphatic rings. The van der Waals surface area contributed by atoms with Crippen molar-refractivity contribution in [3.05, 3.63) is 0 Å². The summed E-state index contributed by atoms with van der Waals surface area (Å²) in [6.07, 6.45) is 1.74. The maximum absolute atomic E-state index is 12.0. The lowest BCUT2D eigenvalue weighted by Crippen LogP contribution is -2.44. The van der Waals surface area contributed by atoms with Gasteiger partial charge in [0.25, 0.3) is 0 Å². The largest absolute Gasteiger partial charge is 0.352 e. The lowest BCUT2D eigenvalue weighted by molar-refractivity contribution is -0.138. The summed E-state index contributed by atoms with van der Waals surface area (Å²) in [4.78, 5) is 25.1. The van der Waals surface area contributed by atoms with E-state index in [1.165, 1.54) is 4.90 Å². The molecule has 0 aromatic carbocycles. The van der Waals surface area contributed by atoms with Gasteiger partial charge in [0.05, 0.1) is 6.54 Å². The van der Waals surface area contributed by atoms with E-state index in [0.29, 0.717) is 0 Å². The summed E-state index contributed by atoms with van der Waals surface area (Å²) < 4.78 is 0. The van der Waals surface area contributed by atoms with Gasteiger partial charge in [0.2, 0.25) is 11.8 Å². The lowest BCUT2D eigenvalue weighted by atomic mass is 9.97. The molecule has 1 heterocycles. The van der Waals surface area contributed by atoms with E-state index in [1.54, 1.807) is 7.05 Å². The van der Waals surface area contributed by atoms with Crippen molar-refractivity contribution in [1.82, 2.24) is 15.5 Å². The van der Waals surface area contributed by atoms with Crippen LogP contribution in [0.25, 0.3) is 0 Å². The predicted molar refractivity (Wildman–Crippen MR) is 73.8 cm³/mol. The van der Waals surface area contributed by atoms with Crippen molar-refractivity contribution in [2.24, 2.45) is 5.92 Å². The van der Waals surface area contributed by atoms with Crippen LogP contribution in [0.5, 0.6) is 0 Å². The van der Waals surface area contributed by atoms with Crippen LogP contribution in [0.15, 0.2) is 0 Å². The summed E-state index contributed by atoms with van der Waals surface area (Å²) in [5.41, 5.74) is 0. The molecule has 18 heavy (non-hydrogen) atoms. The molecule has 0 aliphatic carbocycles. The molecule has 1 fully saturated rings. The second-order valence-corrected chi connectivity index (χ2v) is 4.94. The number of amides is 2. The Balaban J connectivity index is 0.00000289. The third-order valence-corrected chi connectivity index (χ3v) is 2.90. The Morgan fingerprint density at radius 1 is 1.33 bits per heavy atom. The zero-order valence-corrected chi connectivity index (χ0v) is 12.2. The maximum atomic E-state index is 12.0. The van der Waals surface area contributed by atoms with Gasteiger partial charge < -0.3 is 15.5 Å². The monoisotopic (exact) mass is 277 g/mol. The summed E-state index contributed by atoms with van der Waals surface area (Å²) in [6.45, 7) is 5.75. The molecule has 0 aromatic heterocycles. The molecule has 0 radical (unpaired) electrons. The van der Waals surface area contributed by atoms with E-state index < -0.39 is 0 Å². The molecule has 0 saturated carbocycles. The molecule has 0 bridgehead atoms. The van der Waals surface area contributed by atoms with E-state index in [2.05, 4.69) is 10.6 Å². The topological polar surface area (TPSA) is 61.4 Å². The number of carbonyl (C=O) groups is 2. The highest BCUT2D eigenvalue weighted by molar-refractivity contribution is 5.86. The smallest absolute Gasteiger partial charge is 0.239 e. The number of carbonyl (C=O) groups excluding carboxylic acids is 2. The van der Waals surface area contributed by atoms with E-state index in [-0.39, 0.29) is 42.7 Å². The fraction of sp³-hybridized carbons (Fsp3) is 0.833. The average Bonchev–Trinajstić information content (AvgIpc) is 2.28. The minimum absolute atomic E-state index is 0. The van der Waals surface area contributed by atoms with Crippen molar-refractivity contribution < 1.29 is 9.59 Å². The third-order valence-electron chi connectivity index (χ3n) is 2.90. The second-order valence-electron chi connectivity index (χ2n) is 4.94. The Labute approximate surface area is 115 Å². The van der Waals surface area contributed by atoms with Gasteiger partial charge in [0.1, 0.15) is 0 Å². The molecule has 0 aromatic rings. The predicted octanol–water partition coefficient (Wildman–Crippen LogP) is 0.391. The Kier molecular flexibility index (Phi) is 7.95. The number of piperidine rings is 1. The van der Waals surface area contributed by atoms with Crippen LogP contribution in [-0.2, 0) is 9.59 Å². The van der Waals surface area contributed by atoms with Gasteiger partial charge in [-0.3, -0.25) is 9.59 Å². The SMILES string of the molecule is CC(C)NC(=O)CN(C)C(=O)C1CCNCC1.Cl. The summed E-state index contributed by atoms with van der Waals surface area (Å²) >= 11 is 0. The van der Waals surface area contributed by atoms with Gasteiger partial charge in [-0.2, -0.15) is 0 Å². The minimum Gasteiger partial charge on any atom is -0.352 e. The van der Waals surface area contributed by atoms with Crippen molar-refractivity contribution in [2.75, 3.05) is 26.7 Å². The number of rotatable bonds is 4. The number of likely N-dealkylation sites (N-methyl/N-ethyl adjacent to an activating group) is 1. The van der Waals surface area contributed by atoms with Crippen molar-refractivity contribution in [3.8, 4) is 0 Å². The quantitative estimate of drug-likeness (QED) is 0.782. The van der Waals surface area contributed by atoms with Crippen LogP contribution in [0.4, 0.5) is 0 Å². The van der Waals surface area contributed by atoms with E-state index in [9.17, 15) is 9.59 Å². The molecule has 106 valence electrons. The molecule has 1 aliphatic heterocycles. The Bertz CT molecular complexity index is 278. The summed E-state index contributed by atoms with van der Waals surface area (Å²) in [7, 11) is 1.70. The molecular weight excluding hydrogens is 254 g/mol. The van der Waals surface area contributed by atoms with Crippen LogP contribution in [-0.4, -0.2) is 49.4 Å². The zero-order chi connectivity index (χ0) is 12.8. The molecule has 0 unspecified atom stereocenters. The first kappa shape index (κ1) is 17.2. The Morgan fingerprint density at radius 2 is 1.89 bits per heavy atom. The van der Waals surface area contributed by atoms with Crippen molar-refractivity contribution in [1.29, 1.82) is 0 Å². The van der Waals surface area contributed by atoms with Crippen LogP contribution < -0.4 is 10.6 Å². The number of hydrogen-bond donors (Lipinski definition) is 2. The van der Waals surface area contributed by atoms with Gasteiger partial charge in [-0.1, -0.05) is 0 Å². The molecule has 1 rings (SSSR count). The van der Waals surface area contributed by atoms with E-state index >= 15 is 0 Å². The van der Waals surface area contributed by atoms with Gasteiger partial charge >= 0.3 is 0 Å². The number of hydrogen-bond acceptors (Lipinski definition) is 3. The van der Waals surface area contributed by atoms with Crippen LogP contribution >= 0.6 is 12.4 Å². The Hall–Kier alpha value is -0.810. The first-order valence-corrected chi connectivity index (χ1v) is 6.25. The maximum Gasteiger partial charge on any atom is 0.239 e. The van der Waals surface area contributed by atoms with Crippen molar-refractivity contribution in [2.45, 2.75) is 32.7 Å². The average molecular weight is 278 g/mol. The molecule has 2 amide bonds. The third kappa shape index (κ3) is 5.69.